The van der Waals surface area contributed by atoms with E-state index < -0.39 is 0 Å². The highest BCUT2D eigenvalue weighted by molar-refractivity contribution is 5.23. The molecule has 1 heterocycles. The number of hydrogen-bond donors (Lipinski definition) is 1. The van der Waals surface area contributed by atoms with E-state index in [2.05, 4.69) is 37.9 Å². The van der Waals surface area contributed by atoms with Gasteiger partial charge in [-0.3, -0.25) is 5.10 Å². The molecule has 20 heavy (non-hydrogen) atoms. The zero-order valence-electron chi connectivity index (χ0n) is 14.1. The second-order valence-electron chi connectivity index (χ2n) is 6.60. The number of unbranched alkanes of at least 4 members (excludes halogenated alkanes) is 6. The van der Waals surface area contributed by atoms with Crippen LogP contribution in [0.4, 0.5) is 0 Å². The van der Waals surface area contributed by atoms with Crippen molar-refractivity contribution in [3.63, 3.8) is 0 Å². The minimum Gasteiger partial charge on any atom is -0.285 e. The van der Waals surface area contributed by atoms with E-state index in [0.29, 0.717) is 0 Å². The number of aryl methyl sites for hydroxylation is 1. The van der Waals surface area contributed by atoms with Crippen LogP contribution in [-0.4, -0.2) is 10.2 Å². The molecule has 0 saturated heterocycles. The predicted molar refractivity (Wildman–Crippen MR) is 88.2 cm³/mol. The fraction of sp³-hybridized carbons (Fsp3) is 0.833. The average molecular weight is 278 g/mol. The minimum atomic E-state index is 0.269. The summed E-state index contributed by atoms with van der Waals surface area (Å²) in [6.07, 6.45) is 15.4. The zero-order chi connectivity index (χ0) is 14.8. The van der Waals surface area contributed by atoms with Gasteiger partial charge in [0.05, 0.1) is 5.69 Å². The lowest BCUT2D eigenvalue weighted by Gasteiger charge is -2.29. The molecule has 0 bridgehead atoms. The van der Waals surface area contributed by atoms with Crippen LogP contribution in [0.1, 0.15) is 96.2 Å². The number of aromatic nitrogens is 2. The van der Waals surface area contributed by atoms with Gasteiger partial charge in [-0.1, -0.05) is 72.1 Å². The highest BCUT2D eigenvalue weighted by atomic mass is 15.1. The smallest absolute Gasteiger partial charge is 0.0710 e. The monoisotopic (exact) mass is 278 g/mol. The normalized spacial score (nSPS) is 12.0. The van der Waals surface area contributed by atoms with Crippen LogP contribution in [0.25, 0.3) is 0 Å². The van der Waals surface area contributed by atoms with Crippen LogP contribution in [0.15, 0.2) is 6.20 Å². The molecular formula is C18H34N2. The summed E-state index contributed by atoms with van der Waals surface area (Å²) in [5.41, 5.74) is 2.91. The Morgan fingerprint density at radius 1 is 0.950 bits per heavy atom. The average Bonchev–Trinajstić information content (AvgIpc) is 2.87. The second-order valence-corrected chi connectivity index (χ2v) is 6.60. The first kappa shape index (κ1) is 17.3. The van der Waals surface area contributed by atoms with Crippen LogP contribution in [-0.2, 0) is 5.41 Å². The molecule has 1 rings (SSSR count). The lowest BCUT2D eigenvalue weighted by molar-refractivity contribution is 0.353. The number of rotatable bonds is 11. The molecule has 0 aliphatic heterocycles. The standard InChI is InChI=1S/C18H34N2/c1-5-7-9-11-13-18(4,14-12-10-8-6-2)17-16(3)15-19-20-17/h15H,5-14H2,1-4H3,(H,19,20). The van der Waals surface area contributed by atoms with Gasteiger partial charge in [0.1, 0.15) is 0 Å². The van der Waals surface area contributed by atoms with E-state index in [-0.39, 0.29) is 5.41 Å². The fourth-order valence-electron chi connectivity index (χ4n) is 3.21. The zero-order valence-corrected chi connectivity index (χ0v) is 14.1. The molecule has 0 radical (unpaired) electrons. The minimum absolute atomic E-state index is 0.269. The first-order valence-electron chi connectivity index (χ1n) is 8.65. The fourth-order valence-corrected chi connectivity index (χ4v) is 3.21. The van der Waals surface area contributed by atoms with Gasteiger partial charge in [-0.15, -0.1) is 0 Å². The van der Waals surface area contributed by atoms with E-state index in [1.54, 1.807) is 0 Å². The Kier molecular flexibility index (Phi) is 7.94. The van der Waals surface area contributed by atoms with E-state index in [0.717, 1.165) is 0 Å². The Morgan fingerprint density at radius 3 is 1.90 bits per heavy atom. The Balaban J connectivity index is 2.60. The van der Waals surface area contributed by atoms with Crippen molar-refractivity contribution in [2.24, 2.45) is 0 Å². The predicted octanol–water partition coefficient (Wildman–Crippen LogP) is 5.92. The molecule has 0 amide bonds. The summed E-state index contributed by atoms with van der Waals surface area (Å²) in [5.74, 6) is 0. The summed E-state index contributed by atoms with van der Waals surface area (Å²) in [6, 6.07) is 0. The highest BCUT2D eigenvalue weighted by Gasteiger charge is 2.29. The third-order valence-corrected chi connectivity index (χ3v) is 4.57. The van der Waals surface area contributed by atoms with E-state index >= 15 is 0 Å². The maximum Gasteiger partial charge on any atom is 0.0710 e. The number of nitrogens with zero attached hydrogens (tertiary/aromatic N) is 1. The molecule has 0 aromatic carbocycles. The molecule has 116 valence electrons. The van der Waals surface area contributed by atoms with Gasteiger partial charge in [-0.25, -0.2) is 0 Å². The van der Waals surface area contributed by atoms with E-state index in [4.69, 9.17) is 0 Å². The summed E-state index contributed by atoms with van der Waals surface area (Å²) >= 11 is 0. The molecule has 0 fully saturated rings. The van der Waals surface area contributed by atoms with Crippen molar-refractivity contribution in [1.29, 1.82) is 0 Å². The van der Waals surface area contributed by atoms with Gasteiger partial charge < -0.3 is 0 Å². The number of H-pyrrole nitrogens is 1. The Hall–Kier alpha value is -0.790. The molecule has 1 aromatic rings. The molecule has 0 spiro atoms. The van der Waals surface area contributed by atoms with Crippen LogP contribution in [0, 0.1) is 6.92 Å². The molecule has 1 N–H and O–H groups in total. The quantitative estimate of drug-likeness (QED) is 0.500. The van der Waals surface area contributed by atoms with Gasteiger partial charge in [0.15, 0.2) is 0 Å². The second kappa shape index (κ2) is 9.20. The maximum absolute atomic E-state index is 4.56. The van der Waals surface area contributed by atoms with Crippen molar-refractivity contribution >= 4 is 0 Å². The first-order valence-corrected chi connectivity index (χ1v) is 8.65. The van der Waals surface area contributed by atoms with Crippen LogP contribution in [0.5, 0.6) is 0 Å². The van der Waals surface area contributed by atoms with Crippen molar-refractivity contribution in [3.05, 3.63) is 17.5 Å². The van der Waals surface area contributed by atoms with Gasteiger partial charge in [0, 0.05) is 11.6 Å². The van der Waals surface area contributed by atoms with Crippen molar-refractivity contribution in [3.8, 4) is 0 Å². The SMILES string of the molecule is CCCCCCC(C)(CCCCCC)c1n[nH]cc1C. The third kappa shape index (κ3) is 5.30. The molecule has 0 aliphatic carbocycles. The van der Waals surface area contributed by atoms with Crippen molar-refractivity contribution in [2.75, 3.05) is 0 Å². The number of hydrogen-bond acceptors (Lipinski definition) is 1. The number of nitrogens with one attached hydrogen (secondary N) is 1. The molecule has 0 unspecified atom stereocenters. The topological polar surface area (TPSA) is 28.7 Å². The van der Waals surface area contributed by atoms with E-state index in [9.17, 15) is 0 Å². The summed E-state index contributed by atoms with van der Waals surface area (Å²) < 4.78 is 0. The molecule has 0 aliphatic rings. The van der Waals surface area contributed by atoms with Crippen molar-refractivity contribution < 1.29 is 0 Å². The summed E-state index contributed by atoms with van der Waals surface area (Å²) in [5, 5.41) is 7.62. The molecule has 0 atom stereocenters. The third-order valence-electron chi connectivity index (χ3n) is 4.57. The highest BCUT2D eigenvalue weighted by Crippen LogP contribution is 2.35. The summed E-state index contributed by atoms with van der Waals surface area (Å²) in [7, 11) is 0. The van der Waals surface area contributed by atoms with Gasteiger partial charge in [-0.05, 0) is 25.3 Å². The molecule has 1 aromatic heterocycles. The van der Waals surface area contributed by atoms with Crippen LogP contribution < -0.4 is 0 Å². The molecule has 2 nitrogen and oxygen atoms in total. The van der Waals surface area contributed by atoms with Crippen molar-refractivity contribution in [2.45, 2.75) is 97.3 Å². The molecule has 0 saturated carbocycles. The number of aromatic amines is 1. The summed E-state index contributed by atoms with van der Waals surface area (Å²) in [4.78, 5) is 0. The summed E-state index contributed by atoms with van der Waals surface area (Å²) in [6.45, 7) is 9.17. The largest absolute Gasteiger partial charge is 0.285 e. The Morgan fingerprint density at radius 2 is 1.50 bits per heavy atom. The maximum atomic E-state index is 4.56. The lowest BCUT2D eigenvalue weighted by atomic mass is 9.76. The van der Waals surface area contributed by atoms with Gasteiger partial charge in [-0.2, -0.15) is 5.10 Å². The van der Waals surface area contributed by atoms with E-state index in [1.807, 2.05) is 6.20 Å². The first-order chi connectivity index (χ1) is 9.64. The Bertz CT molecular complexity index is 342. The van der Waals surface area contributed by atoms with E-state index in [1.165, 1.54) is 75.5 Å². The van der Waals surface area contributed by atoms with Gasteiger partial charge >= 0.3 is 0 Å². The van der Waals surface area contributed by atoms with Crippen LogP contribution >= 0.6 is 0 Å². The van der Waals surface area contributed by atoms with Gasteiger partial charge in [0.25, 0.3) is 0 Å². The Labute approximate surface area is 125 Å². The van der Waals surface area contributed by atoms with Crippen molar-refractivity contribution in [1.82, 2.24) is 10.2 Å². The lowest BCUT2D eigenvalue weighted by Crippen LogP contribution is -2.23. The molecule has 2 heteroatoms. The van der Waals surface area contributed by atoms with Gasteiger partial charge in [0.2, 0.25) is 0 Å². The van der Waals surface area contributed by atoms with Crippen LogP contribution in [0.3, 0.4) is 0 Å². The van der Waals surface area contributed by atoms with Crippen LogP contribution in [0.2, 0.25) is 0 Å². The molecular weight excluding hydrogens is 244 g/mol.